The van der Waals surface area contributed by atoms with Crippen molar-refractivity contribution in [3.8, 4) is 5.75 Å². The molecule has 0 radical (unpaired) electrons. The number of hydrazine groups is 1. The van der Waals surface area contributed by atoms with Crippen LogP contribution in [0.1, 0.15) is 60.2 Å². The first-order chi connectivity index (χ1) is 15.4. The maximum absolute atomic E-state index is 12.2. The molecule has 0 aliphatic heterocycles. The number of hydrogen-bond donors (Lipinski definition) is 2. The number of nitrogens with zero attached hydrogens (tertiary/aromatic N) is 2. The topological polar surface area (TPSA) is 106 Å². The highest BCUT2D eigenvalue weighted by molar-refractivity contribution is 6.30. The predicted molar refractivity (Wildman–Crippen MR) is 119 cm³/mol. The first-order valence-electron chi connectivity index (χ1n) is 10.3. The molecule has 3 aromatic rings. The van der Waals surface area contributed by atoms with Crippen molar-refractivity contribution in [2.75, 3.05) is 0 Å². The number of carbonyl (C=O) groups excluding carboxylic acids is 2. The van der Waals surface area contributed by atoms with Crippen LogP contribution in [0.2, 0.25) is 5.02 Å². The van der Waals surface area contributed by atoms with Crippen molar-refractivity contribution < 1.29 is 18.8 Å². The van der Waals surface area contributed by atoms with Gasteiger partial charge < -0.3 is 9.26 Å². The molecule has 0 fully saturated rings. The van der Waals surface area contributed by atoms with E-state index in [1.807, 2.05) is 13.8 Å². The molecule has 168 valence electrons. The minimum absolute atomic E-state index is 0.191. The Balaban J connectivity index is 1.37. The number of amides is 2. The number of carbonyl (C=O) groups is 2. The zero-order chi connectivity index (χ0) is 22.9. The number of halogens is 1. The molecule has 2 amide bonds. The van der Waals surface area contributed by atoms with Crippen molar-refractivity contribution >= 4 is 23.4 Å². The van der Waals surface area contributed by atoms with Crippen LogP contribution in [-0.4, -0.2) is 22.0 Å². The lowest BCUT2D eigenvalue weighted by atomic mass is 10.1. The van der Waals surface area contributed by atoms with E-state index in [-0.39, 0.29) is 18.2 Å². The summed E-state index contributed by atoms with van der Waals surface area (Å²) in [7, 11) is 0. The summed E-state index contributed by atoms with van der Waals surface area (Å²) < 4.78 is 10.8. The molecule has 0 aliphatic carbocycles. The molecule has 0 aliphatic rings. The summed E-state index contributed by atoms with van der Waals surface area (Å²) in [5.74, 6) is 1.36. The molecule has 1 heterocycles. The SMILES string of the molecule is CC(C)c1noc(CCCC(=O)NNC(=O)c2ccc(COc3ccc(Cl)cc3)cc2)n1. The standard InChI is InChI=1S/C23H25ClN4O4/c1-15(2)22-25-21(32-28-22)5-3-4-20(29)26-27-23(30)17-8-6-16(7-9-17)14-31-19-12-10-18(24)11-13-19/h6-13,15H,3-5,14H2,1-2H3,(H,26,29)(H,27,30). The molecule has 0 saturated carbocycles. The van der Waals surface area contributed by atoms with Gasteiger partial charge in [-0.2, -0.15) is 4.98 Å². The smallest absolute Gasteiger partial charge is 0.269 e. The summed E-state index contributed by atoms with van der Waals surface area (Å²) in [5, 5.41) is 4.53. The number of aryl methyl sites for hydroxylation is 1. The van der Waals surface area contributed by atoms with Crippen molar-refractivity contribution in [3.63, 3.8) is 0 Å². The van der Waals surface area contributed by atoms with Gasteiger partial charge >= 0.3 is 0 Å². The second-order valence-corrected chi connectivity index (χ2v) is 7.93. The van der Waals surface area contributed by atoms with Gasteiger partial charge in [-0.25, -0.2) is 0 Å². The lowest BCUT2D eigenvalue weighted by Gasteiger charge is -2.09. The Morgan fingerprint density at radius 1 is 1.06 bits per heavy atom. The van der Waals surface area contributed by atoms with E-state index >= 15 is 0 Å². The molecule has 9 heteroatoms. The summed E-state index contributed by atoms with van der Waals surface area (Å²) in [5.41, 5.74) is 6.16. The summed E-state index contributed by atoms with van der Waals surface area (Å²) in [6.07, 6.45) is 1.25. The van der Waals surface area contributed by atoms with Crippen molar-refractivity contribution in [1.29, 1.82) is 0 Å². The number of benzene rings is 2. The fourth-order valence-electron chi connectivity index (χ4n) is 2.72. The average Bonchev–Trinajstić information content (AvgIpc) is 3.27. The van der Waals surface area contributed by atoms with Gasteiger partial charge in [0.2, 0.25) is 11.8 Å². The summed E-state index contributed by atoms with van der Waals surface area (Å²) >= 11 is 5.85. The Morgan fingerprint density at radius 3 is 2.44 bits per heavy atom. The lowest BCUT2D eigenvalue weighted by Crippen LogP contribution is -2.41. The first-order valence-corrected chi connectivity index (χ1v) is 10.7. The average molecular weight is 457 g/mol. The molecule has 32 heavy (non-hydrogen) atoms. The maximum Gasteiger partial charge on any atom is 0.269 e. The van der Waals surface area contributed by atoms with E-state index in [1.165, 1.54) is 0 Å². The molecule has 1 aromatic heterocycles. The van der Waals surface area contributed by atoms with Crippen LogP contribution in [0, 0.1) is 0 Å². The number of ether oxygens (including phenoxy) is 1. The molecule has 8 nitrogen and oxygen atoms in total. The fraction of sp³-hybridized carbons (Fsp3) is 0.304. The van der Waals surface area contributed by atoms with E-state index in [4.69, 9.17) is 20.9 Å². The quantitative estimate of drug-likeness (QED) is 0.467. The minimum atomic E-state index is -0.401. The number of nitrogens with one attached hydrogen (secondary N) is 2. The van der Waals surface area contributed by atoms with Gasteiger partial charge in [0.15, 0.2) is 5.82 Å². The van der Waals surface area contributed by atoms with Gasteiger partial charge in [0.25, 0.3) is 5.91 Å². The van der Waals surface area contributed by atoms with Crippen molar-refractivity contribution in [2.24, 2.45) is 0 Å². The highest BCUT2D eigenvalue weighted by atomic mass is 35.5. The van der Waals surface area contributed by atoms with E-state index in [9.17, 15) is 9.59 Å². The van der Waals surface area contributed by atoms with Crippen LogP contribution >= 0.6 is 11.6 Å². The Labute approximate surface area is 191 Å². The second kappa shape index (κ2) is 11.3. The van der Waals surface area contributed by atoms with Crippen LogP contribution in [0.25, 0.3) is 0 Å². The third-order valence-electron chi connectivity index (χ3n) is 4.55. The van der Waals surface area contributed by atoms with Crippen LogP contribution in [0.15, 0.2) is 53.1 Å². The van der Waals surface area contributed by atoms with Crippen LogP contribution < -0.4 is 15.6 Å². The van der Waals surface area contributed by atoms with Crippen molar-refractivity contribution in [1.82, 2.24) is 21.0 Å². The van der Waals surface area contributed by atoms with Crippen molar-refractivity contribution in [2.45, 2.75) is 45.6 Å². The first kappa shape index (κ1) is 23.3. The van der Waals surface area contributed by atoms with Gasteiger partial charge in [-0.05, 0) is 48.4 Å². The Morgan fingerprint density at radius 2 is 1.78 bits per heavy atom. The third-order valence-corrected chi connectivity index (χ3v) is 4.80. The second-order valence-electron chi connectivity index (χ2n) is 7.50. The molecular weight excluding hydrogens is 432 g/mol. The van der Waals surface area contributed by atoms with E-state index in [0.717, 1.165) is 5.56 Å². The molecule has 3 rings (SSSR count). The van der Waals surface area contributed by atoms with Gasteiger partial charge in [-0.3, -0.25) is 20.4 Å². The molecule has 0 spiro atoms. The van der Waals surface area contributed by atoms with Crippen LogP contribution in [0.5, 0.6) is 5.75 Å². The van der Waals surface area contributed by atoms with Crippen LogP contribution in [0.4, 0.5) is 0 Å². The normalized spacial score (nSPS) is 10.8. The zero-order valence-electron chi connectivity index (χ0n) is 17.9. The minimum Gasteiger partial charge on any atom is -0.489 e. The van der Waals surface area contributed by atoms with Crippen molar-refractivity contribution in [3.05, 3.63) is 76.4 Å². The number of hydrogen-bond acceptors (Lipinski definition) is 6. The molecule has 0 unspecified atom stereocenters. The Kier molecular flexibility index (Phi) is 8.21. The van der Waals surface area contributed by atoms with E-state index < -0.39 is 5.91 Å². The van der Waals surface area contributed by atoms with E-state index in [1.54, 1.807) is 48.5 Å². The molecule has 0 atom stereocenters. The molecular formula is C23H25ClN4O4. The fourth-order valence-corrected chi connectivity index (χ4v) is 2.84. The molecule has 0 saturated heterocycles. The van der Waals surface area contributed by atoms with Crippen LogP contribution in [0.3, 0.4) is 0 Å². The van der Waals surface area contributed by atoms with Gasteiger partial charge in [-0.15, -0.1) is 0 Å². The number of rotatable bonds is 9. The molecule has 2 N–H and O–H groups in total. The highest BCUT2D eigenvalue weighted by Crippen LogP contribution is 2.17. The monoisotopic (exact) mass is 456 g/mol. The van der Waals surface area contributed by atoms with E-state index in [0.29, 0.717) is 47.5 Å². The maximum atomic E-state index is 12.2. The van der Waals surface area contributed by atoms with Gasteiger partial charge in [0.1, 0.15) is 12.4 Å². The lowest BCUT2D eigenvalue weighted by molar-refractivity contribution is -0.121. The zero-order valence-corrected chi connectivity index (χ0v) is 18.7. The Bertz CT molecular complexity index is 1030. The molecule has 2 aromatic carbocycles. The number of aromatic nitrogens is 2. The Hall–Kier alpha value is -3.39. The summed E-state index contributed by atoms with van der Waals surface area (Å²) in [6, 6.07) is 14.0. The summed E-state index contributed by atoms with van der Waals surface area (Å²) in [4.78, 5) is 28.5. The highest BCUT2D eigenvalue weighted by Gasteiger charge is 2.11. The third kappa shape index (κ3) is 7.09. The van der Waals surface area contributed by atoms with Gasteiger partial charge in [-0.1, -0.05) is 42.7 Å². The van der Waals surface area contributed by atoms with Gasteiger partial charge in [0.05, 0.1) is 0 Å². The predicted octanol–water partition coefficient (Wildman–Crippen LogP) is 4.21. The largest absolute Gasteiger partial charge is 0.489 e. The summed E-state index contributed by atoms with van der Waals surface area (Å²) in [6.45, 7) is 4.32. The van der Waals surface area contributed by atoms with E-state index in [2.05, 4.69) is 21.0 Å². The van der Waals surface area contributed by atoms with Crippen LogP contribution in [-0.2, 0) is 17.8 Å². The molecule has 0 bridgehead atoms. The van der Waals surface area contributed by atoms with Gasteiger partial charge in [0, 0.05) is 29.3 Å².